The minimum absolute atomic E-state index is 1.05. The number of aryl methyl sites for hydroxylation is 1. The highest BCUT2D eigenvalue weighted by molar-refractivity contribution is 7.22. The lowest BCUT2D eigenvalue weighted by Gasteiger charge is -2.07. The number of hydrogen-bond donors (Lipinski definition) is 0. The van der Waals surface area contributed by atoms with Crippen molar-refractivity contribution in [3.05, 3.63) is 48.0 Å². The second-order valence-corrected chi connectivity index (χ2v) is 5.87. The van der Waals surface area contributed by atoms with Gasteiger partial charge in [0.15, 0.2) is 5.13 Å². The predicted octanol–water partition coefficient (Wildman–Crippen LogP) is 4.34. The smallest absolute Gasteiger partial charge is 0.185 e. The van der Waals surface area contributed by atoms with Gasteiger partial charge in [-0.3, -0.25) is 0 Å². The molecule has 0 radical (unpaired) electrons. The van der Waals surface area contributed by atoms with Crippen LogP contribution >= 0.6 is 11.3 Å². The summed E-state index contributed by atoms with van der Waals surface area (Å²) in [6.07, 6.45) is 0. The summed E-state index contributed by atoms with van der Waals surface area (Å²) >= 11 is 1.73. The molecule has 0 amide bonds. The Morgan fingerprint density at radius 2 is 1.68 bits per heavy atom. The molecule has 2 aromatic carbocycles. The number of fused-ring (bicyclic) bond motifs is 1. The van der Waals surface area contributed by atoms with Crippen molar-refractivity contribution in [2.45, 2.75) is 6.92 Å². The Balaban J connectivity index is 2.27. The number of thiazole rings is 1. The molecule has 19 heavy (non-hydrogen) atoms. The van der Waals surface area contributed by atoms with Gasteiger partial charge in [0.05, 0.1) is 10.2 Å². The normalized spacial score (nSPS) is 10.9. The molecule has 0 N–H and O–H groups in total. The Kier molecular flexibility index (Phi) is 2.99. The zero-order chi connectivity index (χ0) is 13.4. The van der Waals surface area contributed by atoms with Crippen LogP contribution in [0.1, 0.15) is 5.56 Å². The molecule has 0 atom stereocenters. The van der Waals surface area contributed by atoms with Crippen molar-refractivity contribution < 1.29 is 0 Å². The van der Waals surface area contributed by atoms with Crippen LogP contribution in [-0.2, 0) is 0 Å². The van der Waals surface area contributed by atoms with E-state index in [0.717, 1.165) is 10.6 Å². The largest absolute Gasteiger partial charge is 0.354 e. The quantitative estimate of drug-likeness (QED) is 0.687. The van der Waals surface area contributed by atoms with E-state index in [1.807, 2.05) is 14.1 Å². The molecular weight excluding hydrogens is 252 g/mol. The molecule has 96 valence electrons. The standard InChI is InChI=1S/C16H16N2S/c1-11-7-4-5-8-12(11)13-9-6-10-14-15(13)17-16(19-14)18(2)3/h4-10H,1-3H3. The van der Waals surface area contributed by atoms with Crippen LogP contribution in [0.2, 0.25) is 0 Å². The first-order chi connectivity index (χ1) is 9.16. The van der Waals surface area contributed by atoms with E-state index in [0.29, 0.717) is 0 Å². The monoisotopic (exact) mass is 268 g/mol. The lowest BCUT2D eigenvalue weighted by Crippen LogP contribution is -2.07. The van der Waals surface area contributed by atoms with E-state index in [-0.39, 0.29) is 0 Å². The van der Waals surface area contributed by atoms with Crippen molar-refractivity contribution in [3.63, 3.8) is 0 Å². The fourth-order valence-electron chi connectivity index (χ4n) is 2.22. The summed E-state index contributed by atoms with van der Waals surface area (Å²) in [5, 5.41) is 1.05. The van der Waals surface area contributed by atoms with E-state index in [9.17, 15) is 0 Å². The van der Waals surface area contributed by atoms with Gasteiger partial charge < -0.3 is 4.90 Å². The summed E-state index contributed by atoms with van der Waals surface area (Å²) < 4.78 is 1.24. The number of benzene rings is 2. The first kappa shape index (κ1) is 12.2. The van der Waals surface area contributed by atoms with Crippen molar-refractivity contribution in [1.29, 1.82) is 0 Å². The summed E-state index contributed by atoms with van der Waals surface area (Å²) in [6.45, 7) is 2.15. The molecular formula is C16H16N2S. The fraction of sp³-hybridized carbons (Fsp3) is 0.188. The third-order valence-corrected chi connectivity index (χ3v) is 4.41. The van der Waals surface area contributed by atoms with Crippen molar-refractivity contribution >= 4 is 26.7 Å². The van der Waals surface area contributed by atoms with E-state index < -0.39 is 0 Å². The van der Waals surface area contributed by atoms with Gasteiger partial charge in [0, 0.05) is 19.7 Å². The molecule has 0 spiro atoms. The van der Waals surface area contributed by atoms with Crippen LogP contribution in [0.15, 0.2) is 42.5 Å². The van der Waals surface area contributed by atoms with Crippen LogP contribution in [0.5, 0.6) is 0 Å². The third kappa shape index (κ3) is 2.10. The Labute approximate surface area is 117 Å². The van der Waals surface area contributed by atoms with Crippen molar-refractivity contribution in [2.75, 3.05) is 19.0 Å². The first-order valence-corrected chi connectivity index (χ1v) is 7.11. The van der Waals surface area contributed by atoms with Crippen LogP contribution in [0.25, 0.3) is 21.3 Å². The summed E-state index contributed by atoms with van der Waals surface area (Å²) in [5.41, 5.74) is 4.88. The van der Waals surface area contributed by atoms with Gasteiger partial charge in [-0.25, -0.2) is 4.98 Å². The van der Waals surface area contributed by atoms with Gasteiger partial charge in [-0.05, 0) is 24.1 Å². The highest BCUT2D eigenvalue weighted by atomic mass is 32.1. The van der Waals surface area contributed by atoms with Gasteiger partial charge in [-0.15, -0.1) is 0 Å². The zero-order valence-electron chi connectivity index (χ0n) is 11.3. The molecule has 0 bridgehead atoms. The van der Waals surface area contributed by atoms with Gasteiger partial charge in [-0.1, -0.05) is 47.7 Å². The SMILES string of the molecule is Cc1ccccc1-c1cccc2sc(N(C)C)nc12. The summed E-state index contributed by atoms with van der Waals surface area (Å²) in [5.74, 6) is 0. The minimum atomic E-state index is 1.05. The maximum Gasteiger partial charge on any atom is 0.185 e. The summed E-state index contributed by atoms with van der Waals surface area (Å²) in [6, 6.07) is 14.9. The highest BCUT2D eigenvalue weighted by Gasteiger charge is 2.11. The van der Waals surface area contributed by atoms with Gasteiger partial charge in [0.2, 0.25) is 0 Å². The Morgan fingerprint density at radius 3 is 2.42 bits per heavy atom. The molecule has 0 aliphatic rings. The van der Waals surface area contributed by atoms with Crippen LogP contribution in [0.3, 0.4) is 0 Å². The Morgan fingerprint density at radius 1 is 0.947 bits per heavy atom. The second kappa shape index (κ2) is 4.67. The average Bonchev–Trinajstić information content (AvgIpc) is 2.83. The average molecular weight is 268 g/mol. The molecule has 0 saturated heterocycles. The molecule has 0 fully saturated rings. The van der Waals surface area contributed by atoms with E-state index >= 15 is 0 Å². The Hall–Kier alpha value is -1.87. The number of anilines is 1. The molecule has 1 aromatic heterocycles. The number of nitrogens with zero attached hydrogens (tertiary/aromatic N) is 2. The molecule has 3 heteroatoms. The highest BCUT2D eigenvalue weighted by Crippen LogP contribution is 2.35. The lowest BCUT2D eigenvalue weighted by molar-refractivity contribution is 1.11. The van der Waals surface area contributed by atoms with E-state index in [2.05, 4.69) is 54.3 Å². The van der Waals surface area contributed by atoms with Crippen LogP contribution in [0, 0.1) is 6.92 Å². The topological polar surface area (TPSA) is 16.1 Å². The maximum absolute atomic E-state index is 4.77. The van der Waals surface area contributed by atoms with Gasteiger partial charge in [-0.2, -0.15) is 0 Å². The van der Waals surface area contributed by atoms with E-state index in [1.54, 1.807) is 11.3 Å². The number of rotatable bonds is 2. The van der Waals surface area contributed by atoms with Crippen molar-refractivity contribution in [1.82, 2.24) is 4.98 Å². The van der Waals surface area contributed by atoms with Crippen LogP contribution in [0.4, 0.5) is 5.13 Å². The minimum Gasteiger partial charge on any atom is -0.354 e. The zero-order valence-corrected chi connectivity index (χ0v) is 12.2. The van der Waals surface area contributed by atoms with Gasteiger partial charge >= 0.3 is 0 Å². The molecule has 2 nitrogen and oxygen atoms in total. The number of hydrogen-bond acceptors (Lipinski definition) is 3. The molecule has 0 saturated carbocycles. The summed E-state index contributed by atoms with van der Waals surface area (Å²) in [7, 11) is 4.07. The molecule has 0 aliphatic heterocycles. The number of aromatic nitrogens is 1. The van der Waals surface area contributed by atoms with Crippen molar-refractivity contribution in [2.24, 2.45) is 0 Å². The van der Waals surface area contributed by atoms with Crippen LogP contribution < -0.4 is 4.90 Å². The summed E-state index contributed by atoms with van der Waals surface area (Å²) in [4.78, 5) is 6.84. The second-order valence-electron chi connectivity index (χ2n) is 4.86. The third-order valence-electron chi connectivity index (χ3n) is 3.23. The number of para-hydroxylation sites is 1. The van der Waals surface area contributed by atoms with Crippen molar-refractivity contribution in [3.8, 4) is 11.1 Å². The fourth-order valence-corrected chi connectivity index (χ4v) is 3.14. The molecule has 0 unspecified atom stereocenters. The van der Waals surface area contributed by atoms with E-state index in [4.69, 9.17) is 4.98 Å². The maximum atomic E-state index is 4.77. The van der Waals surface area contributed by atoms with E-state index in [1.165, 1.54) is 21.4 Å². The first-order valence-electron chi connectivity index (χ1n) is 6.29. The van der Waals surface area contributed by atoms with Gasteiger partial charge in [0.25, 0.3) is 0 Å². The molecule has 1 heterocycles. The molecule has 0 aliphatic carbocycles. The van der Waals surface area contributed by atoms with Crippen LogP contribution in [-0.4, -0.2) is 19.1 Å². The van der Waals surface area contributed by atoms with Gasteiger partial charge in [0.1, 0.15) is 0 Å². The molecule has 3 rings (SSSR count). The predicted molar refractivity (Wildman–Crippen MR) is 84.1 cm³/mol. The molecule has 3 aromatic rings. The Bertz CT molecular complexity index is 728. The lowest BCUT2D eigenvalue weighted by atomic mass is 10.00.